The van der Waals surface area contributed by atoms with E-state index in [1.807, 2.05) is 13.0 Å². The Morgan fingerprint density at radius 2 is 2.05 bits per heavy atom. The molecule has 0 fully saturated rings. The number of hydrogen-bond donors (Lipinski definition) is 2. The second kappa shape index (κ2) is 6.34. The third kappa shape index (κ3) is 3.56. The van der Waals surface area contributed by atoms with Crippen LogP contribution in [0.5, 0.6) is 0 Å². The van der Waals surface area contributed by atoms with Crippen LogP contribution >= 0.6 is 11.3 Å². The maximum absolute atomic E-state index is 12.1. The van der Waals surface area contributed by atoms with Crippen LogP contribution in [0.1, 0.15) is 16.8 Å². The summed E-state index contributed by atoms with van der Waals surface area (Å²) in [7, 11) is -3.46. The molecule has 20 heavy (non-hydrogen) atoms. The smallest absolute Gasteiger partial charge is 0.242 e. The van der Waals surface area contributed by atoms with Gasteiger partial charge in [-0.15, -0.1) is 11.3 Å². The highest BCUT2D eigenvalue weighted by atomic mass is 32.2. The summed E-state index contributed by atoms with van der Waals surface area (Å²) in [5, 5.41) is 4.15. The maximum Gasteiger partial charge on any atom is 0.242 e. The minimum atomic E-state index is -3.46. The molecular formula is C13H17N3O2S2. The first-order chi connectivity index (χ1) is 9.53. The Morgan fingerprint density at radius 1 is 1.30 bits per heavy atom. The molecule has 0 saturated carbocycles. The molecule has 0 unspecified atom stereocenters. The van der Waals surface area contributed by atoms with E-state index in [0.717, 1.165) is 9.88 Å². The molecule has 0 radical (unpaired) electrons. The fourth-order valence-electron chi connectivity index (χ4n) is 1.78. The maximum atomic E-state index is 12.1. The molecule has 0 saturated heterocycles. The number of aryl methyl sites for hydroxylation is 1. The number of hydrogen-bond acceptors (Lipinski definition) is 5. The second-order valence-corrected chi connectivity index (χ2v) is 7.25. The third-order valence-corrected chi connectivity index (χ3v) is 5.15. The van der Waals surface area contributed by atoms with Crippen LogP contribution in [0.25, 0.3) is 0 Å². The molecule has 0 spiro atoms. The topological polar surface area (TPSA) is 71.1 Å². The van der Waals surface area contributed by atoms with E-state index in [4.69, 9.17) is 0 Å². The van der Waals surface area contributed by atoms with Gasteiger partial charge in [0.15, 0.2) is 0 Å². The number of sulfonamides is 1. The number of rotatable bonds is 6. The van der Waals surface area contributed by atoms with Crippen LogP contribution in [0.15, 0.2) is 35.4 Å². The van der Waals surface area contributed by atoms with Crippen molar-refractivity contribution in [2.24, 2.45) is 0 Å². The Bertz CT molecular complexity index is 680. The van der Waals surface area contributed by atoms with E-state index < -0.39 is 10.0 Å². The van der Waals surface area contributed by atoms with Crippen LogP contribution in [0.3, 0.4) is 0 Å². The van der Waals surface area contributed by atoms with Crippen molar-refractivity contribution in [2.75, 3.05) is 11.9 Å². The Kier molecular flexibility index (Phi) is 4.74. The predicted molar refractivity (Wildman–Crippen MR) is 81.5 cm³/mol. The van der Waals surface area contributed by atoms with Crippen molar-refractivity contribution >= 4 is 27.0 Å². The lowest BCUT2D eigenvalue weighted by atomic mass is 10.3. The molecule has 0 atom stereocenters. The lowest BCUT2D eigenvalue weighted by molar-refractivity contribution is 0.584. The molecule has 0 aliphatic rings. The number of nitrogens with zero attached hydrogens (tertiary/aromatic N) is 1. The summed E-state index contributed by atoms with van der Waals surface area (Å²) in [6, 6.07) is 6.88. The standard InChI is InChI=1S/C13H17N3O2S2/c1-3-16-20(17,18)13-7-5-4-6-12(13)15-9-11-8-14-10(2)19-11/h4-8,15-16H,3,9H2,1-2H3. The first kappa shape index (κ1) is 15.0. The monoisotopic (exact) mass is 311 g/mol. The molecule has 1 aromatic heterocycles. The van der Waals surface area contributed by atoms with Gasteiger partial charge in [-0.05, 0) is 19.1 Å². The fraction of sp³-hybridized carbons (Fsp3) is 0.308. The van der Waals surface area contributed by atoms with Gasteiger partial charge in [0.2, 0.25) is 10.0 Å². The highest BCUT2D eigenvalue weighted by molar-refractivity contribution is 7.89. The number of aromatic nitrogens is 1. The van der Waals surface area contributed by atoms with Crippen LogP contribution < -0.4 is 10.0 Å². The predicted octanol–water partition coefficient (Wildman–Crippen LogP) is 2.36. The molecule has 7 heteroatoms. The van der Waals surface area contributed by atoms with E-state index in [0.29, 0.717) is 18.8 Å². The zero-order valence-corrected chi connectivity index (χ0v) is 13.0. The molecule has 2 N–H and O–H groups in total. The third-order valence-electron chi connectivity index (χ3n) is 2.63. The van der Waals surface area contributed by atoms with Crippen molar-refractivity contribution in [1.29, 1.82) is 0 Å². The minimum Gasteiger partial charge on any atom is -0.379 e. The van der Waals surface area contributed by atoms with E-state index in [1.54, 1.807) is 42.7 Å². The highest BCUT2D eigenvalue weighted by Crippen LogP contribution is 2.22. The molecule has 0 aliphatic carbocycles. The molecule has 5 nitrogen and oxygen atoms in total. The fourth-order valence-corrected chi connectivity index (χ4v) is 3.74. The van der Waals surface area contributed by atoms with Gasteiger partial charge >= 0.3 is 0 Å². The molecule has 1 heterocycles. The SMILES string of the molecule is CCNS(=O)(=O)c1ccccc1NCc1cnc(C)s1. The molecule has 1 aromatic carbocycles. The lowest BCUT2D eigenvalue weighted by Gasteiger charge is -2.11. The molecule has 0 amide bonds. The Balaban J connectivity index is 2.20. The van der Waals surface area contributed by atoms with Gasteiger partial charge in [0.25, 0.3) is 0 Å². The van der Waals surface area contributed by atoms with E-state index >= 15 is 0 Å². The van der Waals surface area contributed by atoms with E-state index in [1.165, 1.54) is 0 Å². The first-order valence-corrected chi connectivity index (χ1v) is 8.57. The molecule has 0 bridgehead atoms. The summed E-state index contributed by atoms with van der Waals surface area (Å²) in [4.78, 5) is 5.51. The number of nitrogens with one attached hydrogen (secondary N) is 2. The van der Waals surface area contributed by atoms with Crippen LogP contribution in [-0.4, -0.2) is 19.9 Å². The number of benzene rings is 1. The van der Waals surface area contributed by atoms with Gasteiger partial charge in [0.1, 0.15) is 4.90 Å². The van der Waals surface area contributed by atoms with Crippen LogP contribution in [0, 0.1) is 6.92 Å². The summed E-state index contributed by atoms with van der Waals surface area (Å²) in [6.45, 7) is 4.63. The van der Waals surface area contributed by atoms with Crippen molar-refractivity contribution < 1.29 is 8.42 Å². The van der Waals surface area contributed by atoms with Gasteiger partial charge in [-0.25, -0.2) is 18.1 Å². The molecule has 108 valence electrons. The average molecular weight is 311 g/mol. The van der Waals surface area contributed by atoms with Crippen LogP contribution in [0.2, 0.25) is 0 Å². The summed E-state index contributed by atoms with van der Waals surface area (Å²) >= 11 is 1.59. The molecular weight excluding hydrogens is 294 g/mol. The zero-order valence-electron chi connectivity index (χ0n) is 11.4. The normalized spacial score (nSPS) is 11.5. The summed E-state index contributed by atoms with van der Waals surface area (Å²) in [5.41, 5.74) is 0.597. The number of para-hydroxylation sites is 1. The van der Waals surface area contributed by atoms with E-state index in [2.05, 4.69) is 15.0 Å². The van der Waals surface area contributed by atoms with Gasteiger partial charge < -0.3 is 5.32 Å². The van der Waals surface area contributed by atoms with Crippen molar-refractivity contribution in [2.45, 2.75) is 25.3 Å². The minimum absolute atomic E-state index is 0.267. The van der Waals surface area contributed by atoms with Gasteiger partial charge in [0.05, 0.1) is 17.2 Å². The number of thiazole rings is 1. The summed E-state index contributed by atoms with van der Waals surface area (Å²) < 4.78 is 26.7. The van der Waals surface area contributed by atoms with Gasteiger partial charge in [-0.1, -0.05) is 19.1 Å². The van der Waals surface area contributed by atoms with Gasteiger partial charge in [-0.3, -0.25) is 0 Å². The lowest BCUT2D eigenvalue weighted by Crippen LogP contribution is -2.24. The van der Waals surface area contributed by atoms with Crippen molar-refractivity contribution in [3.8, 4) is 0 Å². The second-order valence-electron chi connectivity index (χ2n) is 4.20. The van der Waals surface area contributed by atoms with Crippen molar-refractivity contribution in [3.63, 3.8) is 0 Å². The first-order valence-electron chi connectivity index (χ1n) is 6.27. The molecule has 2 rings (SSSR count). The van der Waals surface area contributed by atoms with E-state index in [9.17, 15) is 8.42 Å². The molecule has 2 aromatic rings. The largest absolute Gasteiger partial charge is 0.379 e. The van der Waals surface area contributed by atoms with Crippen LogP contribution in [0.4, 0.5) is 5.69 Å². The molecule has 0 aliphatic heterocycles. The van der Waals surface area contributed by atoms with Gasteiger partial charge in [0, 0.05) is 17.6 Å². The van der Waals surface area contributed by atoms with E-state index in [-0.39, 0.29) is 4.90 Å². The Morgan fingerprint density at radius 3 is 2.70 bits per heavy atom. The summed E-state index contributed by atoms with van der Waals surface area (Å²) in [6.07, 6.45) is 1.80. The Labute approximate surface area is 123 Å². The van der Waals surface area contributed by atoms with Crippen molar-refractivity contribution in [1.82, 2.24) is 9.71 Å². The number of anilines is 1. The van der Waals surface area contributed by atoms with Crippen LogP contribution in [-0.2, 0) is 16.6 Å². The van der Waals surface area contributed by atoms with Crippen molar-refractivity contribution in [3.05, 3.63) is 40.3 Å². The quantitative estimate of drug-likeness (QED) is 0.859. The average Bonchev–Trinajstić information content (AvgIpc) is 2.82. The summed E-state index contributed by atoms with van der Waals surface area (Å²) in [5.74, 6) is 0. The zero-order chi connectivity index (χ0) is 14.6. The Hall–Kier alpha value is -1.44. The highest BCUT2D eigenvalue weighted by Gasteiger charge is 2.16. The van der Waals surface area contributed by atoms with Gasteiger partial charge in [-0.2, -0.15) is 0 Å².